The number of carbonyl (C=O) groups is 2. The van der Waals surface area contributed by atoms with Crippen LogP contribution in [0, 0.1) is 0 Å². The molecule has 2 aromatic heterocycles. The topological polar surface area (TPSA) is 108 Å². The fourth-order valence-corrected chi connectivity index (χ4v) is 3.05. The molecule has 4 rings (SSSR count). The molecule has 0 saturated carbocycles. The zero-order valence-electron chi connectivity index (χ0n) is 14.9. The predicted octanol–water partition coefficient (Wildman–Crippen LogP) is 2.24. The summed E-state index contributed by atoms with van der Waals surface area (Å²) in [6.07, 6.45) is 3.26. The number of fused-ring (bicyclic) bond motifs is 2. The van der Waals surface area contributed by atoms with Crippen LogP contribution < -0.4 is 10.5 Å². The van der Waals surface area contributed by atoms with Gasteiger partial charge in [-0.05, 0) is 35.7 Å². The van der Waals surface area contributed by atoms with Gasteiger partial charge >= 0.3 is 5.97 Å². The first-order chi connectivity index (χ1) is 13.4. The normalized spacial score (nSPS) is 11.0. The standard InChI is InChI=1S/C20H16N4O4/c1-23(15-5-4-12-6-7-21-17(12)9-15)18(25)11-24-19(26)16-8-13(20(27)28)2-3-14(16)10-22-24/h2-10,21H,11H2,1H3,(H,27,28). The minimum atomic E-state index is -1.12. The Hall–Kier alpha value is -3.94. The maximum Gasteiger partial charge on any atom is 0.335 e. The number of carbonyl (C=O) groups excluding carboxylic acids is 1. The summed E-state index contributed by atoms with van der Waals surface area (Å²) in [5.74, 6) is -1.45. The summed E-state index contributed by atoms with van der Waals surface area (Å²) in [7, 11) is 1.63. The number of nitrogens with zero attached hydrogens (tertiary/aromatic N) is 3. The van der Waals surface area contributed by atoms with Gasteiger partial charge in [0.05, 0.1) is 17.1 Å². The maximum atomic E-state index is 12.7. The van der Waals surface area contributed by atoms with Gasteiger partial charge in [0.2, 0.25) is 5.91 Å². The maximum absolute atomic E-state index is 12.7. The Kier molecular flexibility index (Phi) is 4.15. The average molecular weight is 376 g/mol. The van der Waals surface area contributed by atoms with E-state index in [4.69, 9.17) is 5.11 Å². The molecule has 0 spiro atoms. The van der Waals surface area contributed by atoms with Gasteiger partial charge in [-0.25, -0.2) is 9.48 Å². The lowest BCUT2D eigenvalue weighted by Crippen LogP contribution is -2.35. The van der Waals surface area contributed by atoms with Gasteiger partial charge in [-0.2, -0.15) is 5.10 Å². The second kappa shape index (κ2) is 6.66. The summed E-state index contributed by atoms with van der Waals surface area (Å²) in [5, 5.41) is 14.9. The van der Waals surface area contributed by atoms with Crippen LogP contribution >= 0.6 is 0 Å². The molecule has 0 atom stereocenters. The Bertz CT molecular complexity index is 1290. The number of aromatic carboxylic acids is 1. The number of anilines is 1. The number of benzene rings is 2. The van der Waals surface area contributed by atoms with E-state index in [1.165, 1.54) is 29.3 Å². The van der Waals surface area contributed by atoms with Crippen LogP contribution in [0.25, 0.3) is 21.7 Å². The molecule has 0 aliphatic carbocycles. The van der Waals surface area contributed by atoms with Crippen molar-refractivity contribution in [2.24, 2.45) is 0 Å². The van der Waals surface area contributed by atoms with E-state index in [0.29, 0.717) is 11.1 Å². The van der Waals surface area contributed by atoms with E-state index in [0.717, 1.165) is 15.6 Å². The van der Waals surface area contributed by atoms with Crippen molar-refractivity contribution in [2.45, 2.75) is 6.54 Å². The molecule has 4 aromatic rings. The minimum Gasteiger partial charge on any atom is -0.478 e. The number of H-pyrrole nitrogens is 1. The van der Waals surface area contributed by atoms with Gasteiger partial charge in [0, 0.05) is 29.8 Å². The van der Waals surface area contributed by atoms with E-state index in [2.05, 4.69) is 10.1 Å². The molecule has 28 heavy (non-hydrogen) atoms. The van der Waals surface area contributed by atoms with Crippen molar-refractivity contribution >= 4 is 39.2 Å². The molecule has 0 bridgehead atoms. The van der Waals surface area contributed by atoms with Crippen molar-refractivity contribution in [1.29, 1.82) is 0 Å². The molecule has 0 unspecified atom stereocenters. The van der Waals surface area contributed by atoms with Gasteiger partial charge in [-0.15, -0.1) is 0 Å². The quantitative estimate of drug-likeness (QED) is 0.568. The summed E-state index contributed by atoms with van der Waals surface area (Å²) in [6, 6.07) is 11.7. The van der Waals surface area contributed by atoms with Crippen molar-refractivity contribution in [2.75, 3.05) is 11.9 Å². The van der Waals surface area contributed by atoms with Gasteiger partial charge in [-0.1, -0.05) is 12.1 Å². The van der Waals surface area contributed by atoms with Crippen LogP contribution in [0.3, 0.4) is 0 Å². The lowest BCUT2D eigenvalue weighted by molar-refractivity contribution is -0.119. The molecular weight excluding hydrogens is 360 g/mol. The SMILES string of the molecule is CN(C(=O)Cn1ncc2ccc(C(=O)O)cc2c1=O)c1ccc2cc[nH]c2c1. The van der Waals surface area contributed by atoms with Crippen LogP contribution in [0.15, 0.2) is 59.7 Å². The van der Waals surface area contributed by atoms with Crippen molar-refractivity contribution in [1.82, 2.24) is 14.8 Å². The second-order valence-corrected chi connectivity index (χ2v) is 6.42. The Morgan fingerprint density at radius 1 is 1.14 bits per heavy atom. The van der Waals surface area contributed by atoms with E-state index in [1.807, 2.05) is 30.5 Å². The van der Waals surface area contributed by atoms with Gasteiger partial charge < -0.3 is 15.0 Å². The van der Waals surface area contributed by atoms with Crippen LogP contribution in [0.4, 0.5) is 5.69 Å². The monoisotopic (exact) mass is 376 g/mol. The van der Waals surface area contributed by atoms with E-state index < -0.39 is 11.5 Å². The Balaban J connectivity index is 1.64. The van der Waals surface area contributed by atoms with E-state index in [-0.39, 0.29) is 23.4 Å². The smallest absolute Gasteiger partial charge is 0.335 e. The molecule has 2 aromatic carbocycles. The van der Waals surface area contributed by atoms with Gasteiger partial charge in [0.1, 0.15) is 6.54 Å². The van der Waals surface area contributed by atoms with Crippen LogP contribution in [-0.2, 0) is 11.3 Å². The molecular formula is C20H16N4O4. The molecule has 1 amide bonds. The molecule has 140 valence electrons. The van der Waals surface area contributed by atoms with Gasteiger partial charge in [0.25, 0.3) is 5.56 Å². The molecule has 0 radical (unpaired) electrons. The predicted molar refractivity (Wildman–Crippen MR) is 105 cm³/mol. The highest BCUT2D eigenvalue weighted by Gasteiger charge is 2.15. The van der Waals surface area contributed by atoms with Gasteiger partial charge in [-0.3, -0.25) is 9.59 Å². The number of carboxylic acids is 1. The largest absolute Gasteiger partial charge is 0.478 e. The van der Waals surface area contributed by atoms with Crippen molar-refractivity contribution < 1.29 is 14.7 Å². The Morgan fingerprint density at radius 3 is 2.71 bits per heavy atom. The molecule has 0 aliphatic heterocycles. The number of carboxylic acid groups (broad SMARTS) is 1. The molecule has 8 heteroatoms. The van der Waals surface area contributed by atoms with E-state index in [9.17, 15) is 14.4 Å². The van der Waals surface area contributed by atoms with Crippen molar-refractivity contribution in [3.05, 3.63) is 70.8 Å². The Morgan fingerprint density at radius 2 is 1.93 bits per heavy atom. The third-order valence-electron chi connectivity index (χ3n) is 4.69. The van der Waals surface area contributed by atoms with Crippen LogP contribution in [-0.4, -0.2) is 38.8 Å². The lowest BCUT2D eigenvalue weighted by atomic mass is 10.1. The fraction of sp³-hybridized carbons (Fsp3) is 0.100. The lowest BCUT2D eigenvalue weighted by Gasteiger charge is -2.18. The second-order valence-electron chi connectivity index (χ2n) is 6.42. The van der Waals surface area contributed by atoms with Crippen LogP contribution in [0.1, 0.15) is 10.4 Å². The number of likely N-dealkylation sites (N-methyl/N-ethyl adjacent to an activating group) is 1. The van der Waals surface area contributed by atoms with E-state index in [1.54, 1.807) is 7.05 Å². The number of nitrogens with one attached hydrogen (secondary N) is 1. The van der Waals surface area contributed by atoms with Crippen LogP contribution in [0.2, 0.25) is 0 Å². The molecule has 8 nitrogen and oxygen atoms in total. The number of hydrogen-bond acceptors (Lipinski definition) is 4. The summed E-state index contributed by atoms with van der Waals surface area (Å²) < 4.78 is 1.04. The third kappa shape index (κ3) is 3.01. The number of amides is 1. The molecule has 2 heterocycles. The zero-order chi connectivity index (χ0) is 19.8. The minimum absolute atomic E-state index is 0.00467. The molecule has 2 N–H and O–H groups in total. The molecule has 0 fully saturated rings. The molecule has 0 aliphatic rings. The first-order valence-electron chi connectivity index (χ1n) is 8.51. The first kappa shape index (κ1) is 17.5. The highest BCUT2D eigenvalue weighted by Crippen LogP contribution is 2.20. The zero-order valence-corrected chi connectivity index (χ0v) is 14.9. The number of aromatic amines is 1. The van der Waals surface area contributed by atoms with E-state index >= 15 is 0 Å². The third-order valence-corrected chi connectivity index (χ3v) is 4.69. The summed E-state index contributed by atoms with van der Waals surface area (Å²) in [4.78, 5) is 41.0. The Labute approximate surface area is 158 Å². The number of hydrogen-bond donors (Lipinski definition) is 2. The highest BCUT2D eigenvalue weighted by atomic mass is 16.4. The summed E-state index contributed by atoms with van der Waals surface area (Å²) in [5.41, 5.74) is 1.08. The average Bonchev–Trinajstić information content (AvgIpc) is 3.17. The number of rotatable bonds is 4. The first-order valence-corrected chi connectivity index (χ1v) is 8.51. The number of aromatic nitrogens is 3. The van der Waals surface area contributed by atoms with Crippen molar-refractivity contribution in [3.63, 3.8) is 0 Å². The highest BCUT2D eigenvalue weighted by molar-refractivity contribution is 5.96. The molecule has 0 saturated heterocycles. The fourth-order valence-electron chi connectivity index (χ4n) is 3.05. The summed E-state index contributed by atoms with van der Waals surface area (Å²) in [6.45, 7) is -0.259. The van der Waals surface area contributed by atoms with Gasteiger partial charge in [0.15, 0.2) is 0 Å². The van der Waals surface area contributed by atoms with Crippen LogP contribution in [0.5, 0.6) is 0 Å². The summed E-state index contributed by atoms with van der Waals surface area (Å²) >= 11 is 0. The van der Waals surface area contributed by atoms with Crippen molar-refractivity contribution in [3.8, 4) is 0 Å².